The minimum absolute atomic E-state index is 0.414. The number of aliphatic hydroxyl groups is 1. The van der Waals surface area contributed by atoms with Gasteiger partial charge in [-0.05, 0) is 0 Å². The molecule has 21 heavy (non-hydrogen) atoms. The largest absolute Gasteiger partial charge is 0.459 e. The van der Waals surface area contributed by atoms with Crippen LogP contribution >= 0.6 is 0 Å². The average Bonchev–Trinajstić information content (AvgIpc) is 2.79. The number of rotatable bonds is 5. The van der Waals surface area contributed by atoms with Crippen LogP contribution in [0.5, 0.6) is 0 Å². The average molecular weight is 320 g/mol. The molecule has 1 aromatic rings. The summed E-state index contributed by atoms with van der Waals surface area (Å²) < 4.78 is 89.9. The van der Waals surface area contributed by atoms with E-state index in [1.54, 1.807) is 0 Å². The van der Waals surface area contributed by atoms with E-state index in [0.717, 1.165) is 12.4 Å². The zero-order valence-electron chi connectivity index (χ0n) is 9.95. The maximum atomic E-state index is 13.6. The van der Waals surface area contributed by atoms with Crippen LogP contribution in [0.2, 0.25) is 0 Å². The fourth-order valence-electron chi connectivity index (χ4n) is 1.45. The Morgan fingerprint density at radius 1 is 1.10 bits per heavy atom. The van der Waals surface area contributed by atoms with Gasteiger partial charge in [-0.1, -0.05) is 0 Å². The van der Waals surface area contributed by atoms with Gasteiger partial charge in [-0.25, -0.2) is 9.67 Å². The second-order valence-electron chi connectivity index (χ2n) is 4.11. The van der Waals surface area contributed by atoms with Gasteiger partial charge in [0.1, 0.15) is 12.7 Å². The molecule has 0 amide bonds. The second-order valence-corrected chi connectivity index (χ2v) is 4.11. The highest BCUT2D eigenvalue weighted by atomic mass is 19.4. The van der Waals surface area contributed by atoms with Gasteiger partial charge in [-0.3, -0.25) is 0 Å². The number of nitriles is 1. The van der Waals surface area contributed by atoms with Crippen LogP contribution in [0.3, 0.4) is 0 Å². The van der Waals surface area contributed by atoms with Crippen molar-refractivity contribution < 1.29 is 35.8 Å². The molecule has 0 fully saturated rings. The number of nitrogens with zero attached hydrogens (tertiary/aromatic N) is 4. The van der Waals surface area contributed by atoms with E-state index in [0.29, 0.717) is 11.0 Å². The van der Waals surface area contributed by atoms with E-state index in [1.807, 2.05) is 0 Å². The maximum Gasteiger partial charge on any atom is 0.459 e. The Morgan fingerprint density at radius 2 is 1.67 bits per heavy atom. The van der Waals surface area contributed by atoms with Crippen LogP contribution in [0.1, 0.15) is 6.42 Å². The zero-order valence-corrected chi connectivity index (χ0v) is 9.95. The van der Waals surface area contributed by atoms with Crippen molar-refractivity contribution in [2.75, 3.05) is 0 Å². The second kappa shape index (κ2) is 5.14. The normalized spacial score (nSPS) is 16.3. The molecule has 0 spiro atoms. The van der Waals surface area contributed by atoms with Gasteiger partial charge in [0, 0.05) is 0 Å². The van der Waals surface area contributed by atoms with E-state index in [-0.39, 0.29) is 0 Å². The van der Waals surface area contributed by atoms with E-state index >= 15 is 0 Å². The maximum absolute atomic E-state index is 13.6. The molecule has 0 saturated heterocycles. The fourth-order valence-corrected chi connectivity index (χ4v) is 1.45. The highest BCUT2D eigenvalue weighted by Crippen LogP contribution is 2.52. The fraction of sp³-hybridized carbons (Fsp3) is 0.667. The molecule has 12 heteroatoms. The standard InChI is InChI=1S/C9H7F7N4O/c10-7(11,8(12,13)9(14,15)16)6(21,1-2-17)3-20-5-18-4-19-20/h4-5,21H,1,3H2. The van der Waals surface area contributed by atoms with Gasteiger partial charge < -0.3 is 5.11 Å². The van der Waals surface area contributed by atoms with Gasteiger partial charge in [-0.15, -0.1) is 0 Å². The van der Waals surface area contributed by atoms with Crippen LogP contribution in [0.25, 0.3) is 0 Å². The Labute approximate surface area is 112 Å². The van der Waals surface area contributed by atoms with E-state index in [9.17, 15) is 35.8 Å². The van der Waals surface area contributed by atoms with Crippen molar-refractivity contribution >= 4 is 0 Å². The zero-order chi connectivity index (χ0) is 16.5. The van der Waals surface area contributed by atoms with Crippen molar-refractivity contribution in [1.29, 1.82) is 5.26 Å². The van der Waals surface area contributed by atoms with Crippen LogP contribution in [-0.2, 0) is 6.54 Å². The van der Waals surface area contributed by atoms with Crippen molar-refractivity contribution in [3.8, 4) is 6.07 Å². The third-order valence-electron chi connectivity index (χ3n) is 2.60. The minimum Gasteiger partial charge on any atom is -0.380 e. The summed E-state index contributed by atoms with van der Waals surface area (Å²) >= 11 is 0. The number of hydrogen-bond donors (Lipinski definition) is 1. The lowest BCUT2D eigenvalue weighted by molar-refractivity contribution is -0.389. The number of alkyl halides is 7. The summed E-state index contributed by atoms with van der Waals surface area (Å²) in [7, 11) is 0. The number of hydrogen-bond acceptors (Lipinski definition) is 4. The molecule has 1 atom stereocenters. The first-order chi connectivity index (χ1) is 9.39. The molecule has 5 nitrogen and oxygen atoms in total. The van der Waals surface area contributed by atoms with Crippen LogP contribution < -0.4 is 0 Å². The van der Waals surface area contributed by atoms with Crippen molar-refractivity contribution in [2.45, 2.75) is 36.6 Å². The first kappa shape index (κ1) is 17.2. The van der Waals surface area contributed by atoms with Gasteiger partial charge in [-0.2, -0.15) is 41.1 Å². The van der Waals surface area contributed by atoms with E-state index in [4.69, 9.17) is 5.26 Å². The highest BCUT2D eigenvalue weighted by molar-refractivity contribution is 5.07. The summed E-state index contributed by atoms with van der Waals surface area (Å²) in [4.78, 5) is 3.26. The molecule has 0 aliphatic rings. The Hall–Kier alpha value is -1.90. The molecule has 1 heterocycles. The van der Waals surface area contributed by atoms with E-state index in [2.05, 4.69) is 10.1 Å². The van der Waals surface area contributed by atoms with Crippen molar-refractivity contribution in [1.82, 2.24) is 14.8 Å². The monoisotopic (exact) mass is 320 g/mol. The highest BCUT2D eigenvalue weighted by Gasteiger charge is 2.79. The van der Waals surface area contributed by atoms with Gasteiger partial charge in [0.05, 0.1) is 19.0 Å². The molecule has 0 aromatic carbocycles. The van der Waals surface area contributed by atoms with Gasteiger partial charge >= 0.3 is 18.0 Å². The predicted octanol–water partition coefficient (Wildman–Crippen LogP) is 1.76. The summed E-state index contributed by atoms with van der Waals surface area (Å²) in [6, 6.07) is 0.958. The molecular weight excluding hydrogens is 313 g/mol. The Balaban J connectivity index is 3.28. The number of aromatic nitrogens is 3. The van der Waals surface area contributed by atoms with E-state index in [1.165, 1.54) is 0 Å². The first-order valence-electron chi connectivity index (χ1n) is 5.13. The Morgan fingerprint density at radius 3 is 2.05 bits per heavy atom. The summed E-state index contributed by atoms with van der Waals surface area (Å²) in [6.07, 6.45) is -6.79. The number of halogens is 7. The molecule has 1 unspecified atom stereocenters. The topological polar surface area (TPSA) is 74.7 Å². The van der Waals surface area contributed by atoms with Gasteiger partial charge in [0.15, 0.2) is 5.60 Å². The quantitative estimate of drug-likeness (QED) is 0.839. The van der Waals surface area contributed by atoms with Crippen molar-refractivity contribution in [2.24, 2.45) is 0 Å². The first-order valence-corrected chi connectivity index (χ1v) is 5.13. The lowest BCUT2D eigenvalue weighted by Gasteiger charge is -2.38. The summed E-state index contributed by atoms with van der Waals surface area (Å²) in [5.74, 6) is -12.5. The van der Waals surface area contributed by atoms with Gasteiger partial charge in [0.2, 0.25) is 0 Å². The predicted molar refractivity (Wildman–Crippen MR) is 51.2 cm³/mol. The summed E-state index contributed by atoms with van der Waals surface area (Å²) in [5.41, 5.74) is -3.99. The lowest BCUT2D eigenvalue weighted by Crippen LogP contribution is -2.65. The molecule has 118 valence electrons. The SMILES string of the molecule is N#CCC(O)(Cn1cncn1)C(F)(F)C(F)(F)C(F)(F)F. The summed E-state index contributed by atoms with van der Waals surface area (Å²) in [5, 5.41) is 21.1. The molecule has 0 radical (unpaired) electrons. The molecule has 0 aliphatic heterocycles. The molecule has 0 saturated carbocycles. The van der Waals surface area contributed by atoms with Crippen LogP contribution in [-0.4, -0.2) is 43.5 Å². The molecule has 1 rings (SSSR count). The van der Waals surface area contributed by atoms with Gasteiger partial charge in [0.25, 0.3) is 0 Å². The van der Waals surface area contributed by atoms with Crippen molar-refractivity contribution in [3.63, 3.8) is 0 Å². The lowest BCUT2D eigenvalue weighted by atomic mass is 9.87. The third kappa shape index (κ3) is 2.78. The van der Waals surface area contributed by atoms with Crippen molar-refractivity contribution in [3.05, 3.63) is 12.7 Å². The Kier molecular flexibility index (Phi) is 4.20. The minimum atomic E-state index is -6.61. The molecule has 0 aliphatic carbocycles. The van der Waals surface area contributed by atoms with Crippen LogP contribution in [0.15, 0.2) is 12.7 Å². The molecule has 0 bridgehead atoms. The molecular formula is C9H7F7N4O. The molecule has 1 N–H and O–H groups in total. The molecule has 1 aromatic heterocycles. The Bertz CT molecular complexity index is 521. The third-order valence-corrected chi connectivity index (χ3v) is 2.60. The van der Waals surface area contributed by atoms with E-state index < -0.39 is 36.6 Å². The van der Waals surface area contributed by atoms with Crippen LogP contribution in [0, 0.1) is 11.3 Å². The smallest absolute Gasteiger partial charge is 0.380 e. The van der Waals surface area contributed by atoms with Crippen LogP contribution in [0.4, 0.5) is 30.7 Å². The summed E-state index contributed by atoms with van der Waals surface area (Å²) in [6.45, 7) is -1.47.